The minimum Gasteiger partial charge on any atom is -0.471 e. The molecule has 6 nitrogen and oxygen atoms in total. The summed E-state index contributed by atoms with van der Waals surface area (Å²) in [6, 6.07) is 9.75. The van der Waals surface area contributed by atoms with Crippen molar-refractivity contribution in [3.05, 3.63) is 84.4 Å². The van der Waals surface area contributed by atoms with Crippen molar-refractivity contribution in [1.82, 2.24) is 9.55 Å². The Balaban J connectivity index is 1.91. The van der Waals surface area contributed by atoms with Crippen molar-refractivity contribution in [3.8, 4) is 6.07 Å². The van der Waals surface area contributed by atoms with Crippen LogP contribution in [0.1, 0.15) is 11.3 Å². The number of aliphatic imine (C=N–C) groups is 2. The fraction of sp³-hybridized carbons (Fsp3) is 0.0476. The summed E-state index contributed by atoms with van der Waals surface area (Å²) < 4.78 is 7.22. The number of imidazole rings is 1. The Morgan fingerprint density at radius 1 is 1.11 bits per heavy atom. The van der Waals surface area contributed by atoms with E-state index in [0.29, 0.717) is 12.1 Å². The van der Waals surface area contributed by atoms with E-state index in [1.807, 2.05) is 41.1 Å². The highest BCUT2D eigenvalue weighted by Crippen LogP contribution is 2.19. The summed E-state index contributed by atoms with van der Waals surface area (Å²) in [5.41, 5.74) is 3.02. The highest BCUT2D eigenvalue weighted by Gasteiger charge is 1.97. The molecule has 2 aromatic rings. The molecule has 0 atom stereocenters. The van der Waals surface area contributed by atoms with Crippen LogP contribution in [0.15, 0.2) is 83.1 Å². The maximum atomic E-state index is 9.18. The third-order valence-electron chi connectivity index (χ3n) is 3.61. The summed E-state index contributed by atoms with van der Waals surface area (Å²) in [7, 11) is 0. The van der Waals surface area contributed by atoms with Crippen molar-refractivity contribution < 1.29 is 4.74 Å². The molecule has 0 saturated heterocycles. The van der Waals surface area contributed by atoms with Crippen LogP contribution in [0, 0.1) is 11.3 Å². The van der Waals surface area contributed by atoms with Gasteiger partial charge in [0.1, 0.15) is 12.3 Å². The lowest BCUT2D eigenvalue weighted by Crippen LogP contribution is -1.92. The third-order valence-corrected chi connectivity index (χ3v) is 3.61. The molecule has 1 aromatic heterocycles. The molecule has 2 heterocycles. The maximum Gasteiger partial charge on any atom is 0.108 e. The van der Waals surface area contributed by atoms with E-state index in [4.69, 9.17) is 4.74 Å². The molecule has 27 heavy (non-hydrogen) atoms. The number of hydrogen-bond acceptors (Lipinski definition) is 5. The van der Waals surface area contributed by atoms with Crippen LogP contribution in [0.4, 0.5) is 5.69 Å². The Labute approximate surface area is 157 Å². The van der Waals surface area contributed by atoms with Gasteiger partial charge >= 0.3 is 0 Å². The highest BCUT2D eigenvalue weighted by molar-refractivity contribution is 6.16. The number of nitrogens with zero attached hydrogens (tertiary/aromatic N) is 5. The zero-order chi connectivity index (χ0) is 18.7. The van der Waals surface area contributed by atoms with Crippen molar-refractivity contribution in [2.75, 3.05) is 0 Å². The number of aromatic nitrogens is 2. The second-order valence-corrected chi connectivity index (χ2v) is 5.44. The van der Waals surface area contributed by atoms with Gasteiger partial charge in [-0.3, -0.25) is 9.98 Å². The lowest BCUT2D eigenvalue weighted by Gasteiger charge is -2.00. The molecule has 0 N–H and O–H groups in total. The van der Waals surface area contributed by atoms with Crippen molar-refractivity contribution in [2.24, 2.45) is 9.98 Å². The van der Waals surface area contributed by atoms with Gasteiger partial charge in [-0.15, -0.1) is 0 Å². The molecule has 0 amide bonds. The van der Waals surface area contributed by atoms with Crippen molar-refractivity contribution in [1.29, 1.82) is 5.26 Å². The molecule has 0 saturated carbocycles. The smallest absolute Gasteiger partial charge is 0.108 e. The number of allylic oxidation sites excluding steroid dienone is 4. The van der Waals surface area contributed by atoms with Crippen LogP contribution in [0.3, 0.4) is 0 Å². The molecule has 0 bridgehead atoms. The topological polar surface area (TPSA) is 75.6 Å². The Hall–Kier alpha value is -3.98. The van der Waals surface area contributed by atoms with Gasteiger partial charge < -0.3 is 9.30 Å². The van der Waals surface area contributed by atoms with Crippen molar-refractivity contribution in [2.45, 2.75) is 6.54 Å². The van der Waals surface area contributed by atoms with Gasteiger partial charge in [0.2, 0.25) is 0 Å². The fourth-order valence-corrected chi connectivity index (χ4v) is 2.27. The van der Waals surface area contributed by atoms with Gasteiger partial charge in [0.25, 0.3) is 0 Å². The van der Waals surface area contributed by atoms with Gasteiger partial charge in [-0.2, -0.15) is 5.26 Å². The van der Waals surface area contributed by atoms with Crippen LogP contribution in [-0.4, -0.2) is 22.0 Å². The molecule has 0 fully saturated rings. The number of nitriles is 1. The maximum absolute atomic E-state index is 9.18. The Morgan fingerprint density at radius 3 is 2.96 bits per heavy atom. The molecule has 0 aliphatic carbocycles. The summed E-state index contributed by atoms with van der Waals surface area (Å²) in [5, 5.41) is 9.18. The molecule has 0 radical (unpaired) electrons. The van der Waals surface area contributed by atoms with E-state index >= 15 is 0 Å². The normalized spacial score (nSPS) is 19.7. The second kappa shape index (κ2) is 9.49. The first-order valence-electron chi connectivity index (χ1n) is 8.26. The quantitative estimate of drug-likeness (QED) is 0.707. The SMILES string of the molecule is N#CC1=C/O/C=C\c2ccccc2N=CC=NCc2cncn2\C=C/C=C\1. The van der Waals surface area contributed by atoms with Crippen LogP contribution in [-0.2, 0) is 11.3 Å². The van der Waals surface area contributed by atoms with Gasteiger partial charge in [-0.05, 0) is 24.3 Å². The van der Waals surface area contributed by atoms with Gasteiger partial charge in [0.15, 0.2) is 0 Å². The minimum absolute atomic E-state index is 0.396. The molecule has 0 unspecified atom stereocenters. The Kier molecular flexibility index (Phi) is 6.27. The summed E-state index contributed by atoms with van der Waals surface area (Å²) in [5.74, 6) is 0. The predicted molar refractivity (Wildman–Crippen MR) is 107 cm³/mol. The first-order chi connectivity index (χ1) is 13.4. The van der Waals surface area contributed by atoms with E-state index in [0.717, 1.165) is 16.9 Å². The largest absolute Gasteiger partial charge is 0.471 e. The summed E-state index contributed by atoms with van der Waals surface area (Å²) in [6.07, 6.45) is 18.6. The van der Waals surface area contributed by atoms with Gasteiger partial charge in [0, 0.05) is 24.2 Å². The number of rotatable bonds is 0. The van der Waals surface area contributed by atoms with Crippen LogP contribution >= 0.6 is 0 Å². The van der Waals surface area contributed by atoms with Crippen LogP contribution in [0.2, 0.25) is 0 Å². The molecule has 1 aliphatic heterocycles. The molecule has 132 valence electrons. The average Bonchev–Trinajstić information content (AvgIpc) is 3.14. The van der Waals surface area contributed by atoms with E-state index < -0.39 is 0 Å². The molecule has 1 aliphatic rings. The Bertz CT molecular complexity index is 1000. The molecule has 6 heteroatoms. The monoisotopic (exact) mass is 355 g/mol. The third kappa shape index (κ3) is 5.25. The predicted octanol–water partition coefficient (Wildman–Crippen LogP) is 4.29. The van der Waals surface area contributed by atoms with E-state index in [1.54, 1.807) is 43.2 Å². The van der Waals surface area contributed by atoms with E-state index in [1.165, 1.54) is 12.5 Å². The van der Waals surface area contributed by atoms with Gasteiger partial charge in [-0.25, -0.2) is 4.98 Å². The van der Waals surface area contributed by atoms with E-state index in [2.05, 4.69) is 21.0 Å². The molecule has 0 spiro atoms. The number of ether oxygens (including phenoxy) is 1. The van der Waals surface area contributed by atoms with E-state index in [9.17, 15) is 5.26 Å². The zero-order valence-electron chi connectivity index (χ0n) is 14.5. The summed E-state index contributed by atoms with van der Waals surface area (Å²) in [6.45, 7) is 0.485. The summed E-state index contributed by atoms with van der Waals surface area (Å²) >= 11 is 0. The average molecular weight is 355 g/mol. The highest BCUT2D eigenvalue weighted by atomic mass is 16.5. The molecular weight excluding hydrogens is 338 g/mol. The first-order valence-corrected chi connectivity index (χ1v) is 8.26. The fourth-order valence-electron chi connectivity index (χ4n) is 2.27. The number of hydrogen-bond donors (Lipinski definition) is 0. The zero-order valence-corrected chi connectivity index (χ0v) is 14.5. The summed E-state index contributed by atoms with van der Waals surface area (Å²) in [4.78, 5) is 12.9. The van der Waals surface area contributed by atoms with E-state index in [-0.39, 0.29) is 0 Å². The Morgan fingerprint density at radius 2 is 2.04 bits per heavy atom. The number of para-hydroxylation sites is 1. The van der Waals surface area contributed by atoms with Gasteiger partial charge in [-0.1, -0.05) is 24.3 Å². The first kappa shape index (κ1) is 17.8. The second-order valence-electron chi connectivity index (χ2n) is 5.44. The van der Waals surface area contributed by atoms with Crippen LogP contribution in [0.25, 0.3) is 12.3 Å². The van der Waals surface area contributed by atoms with Crippen LogP contribution < -0.4 is 0 Å². The number of benzene rings is 1. The molecule has 3 rings (SSSR count). The van der Waals surface area contributed by atoms with Crippen LogP contribution in [0.5, 0.6) is 0 Å². The lowest BCUT2D eigenvalue weighted by atomic mass is 10.2. The van der Waals surface area contributed by atoms with Crippen molar-refractivity contribution in [3.63, 3.8) is 0 Å². The molecular formula is C21H17N5O. The van der Waals surface area contributed by atoms with Crippen molar-refractivity contribution >= 4 is 30.4 Å². The standard InChI is InChI=1S/C21H17N5O/c22-13-18-5-3-4-11-26-17-24-15-20(26)14-23-9-10-25-21-7-2-1-6-19(21)8-12-27-16-18/h1-12,15-17H,14H2/b5-3-,11-4-,12-8-,18-16+,23-9?,25-10?. The minimum atomic E-state index is 0.396. The lowest BCUT2D eigenvalue weighted by molar-refractivity contribution is 0.404. The van der Waals surface area contributed by atoms with Gasteiger partial charge in [0.05, 0.1) is 42.3 Å². The molecule has 1 aromatic carbocycles. The number of fused-ring (bicyclic) bond motifs is 2.